The minimum absolute atomic E-state index is 0.0891. The fourth-order valence-corrected chi connectivity index (χ4v) is 8.00. The first-order valence-electron chi connectivity index (χ1n) is 15.7. The van der Waals surface area contributed by atoms with E-state index in [2.05, 4.69) is 111 Å². The first-order valence-corrected chi connectivity index (χ1v) is 22.3. The second-order valence-electron chi connectivity index (χ2n) is 15.4. The van der Waals surface area contributed by atoms with Crippen LogP contribution in [0, 0.1) is 5.92 Å². The highest BCUT2D eigenvalue weighted by Crippen LogP contribution is 2.43. The lowest BCUT2D eigenvalue weighted by Gasteiger charge is -2.41. The third-order valence-electron chi connectivity index (χ3n) is 9.91. The van der Waals surface area contributed by atoms with Gasteiger partial charge >= 0.3 is 0 Å². The van der Waals surface area contributed by atoms with E-state index < -0.39 is 16.6 Å². The molecular weight excluding hydrogens is 648 g/mol. The van der Waals surface area contributed by atoms with Gasteiger partial charge in [-0.2, -0.15) is 0 Å². The van der Waals surface area contributed by atoms with Crippen LogP contribution >= 0.6 is 15.9 Å². The highest BCUT2D eigenvalue weighted by atomic mass is 79.9. The topological polar surface area (TPSA) is 78.3 Å². The van der Waals surface area contributed by atoms with Gasteiger partial charge in [0, 0.05) is 53.7 Å². The van der Waals surface area contributed by atoms with E-state index in [4.69, 9.17) is 8.85 Å². The van der Waals surface area contributed by atoms with Gasteiger partial charge in [0.2, 0.25) is 0 Å². The summed E-state index contributed by atoms with van der Waals surface area (Å²) in [6, 6.07) is 10.2. The number of benzene rings is 1. The van der Waals surface area contributed by atoms with Gasteiger partial charge in [0.15, 0.2) is 22.4 Å². The molecule has 0 saturated heterocycles. The van der Waals surface area contributed by atoms with Crippen LogP contribution in [0.3, 0.4) is 0 Å². The normalized spacial score (nSPS) is 19.8. The van der Waals surface area contributed by atoms with Crippen molar-refractivity contribution in [1.82, 2.24) is 14.5 Å². The van der Waals surface area contributed by atoms with E-state index in [9.17, 15) is 4.79 Å². The molecule has 10 heteroatoms. The Labute approximate surface area is 275 Å². The fraction of sp³-hybridized carbons (Fsp3) is 0.559. The number of ketones is 1. The zero-order chi connectivity index (χ0) is 32.5. The van der Waals surface area contributed by atoms with Crippen molar-refractivity contribution in [2.45, 2.75) is 109 Å². The van der Waals surface area contributed by atoms with Gasteiger partial charge in [-0.3, -0.25) is 4.79 Å². The van der Waals surface area contributed by atoms with Gasteiger partial charge in [-0.1, -0.05) is 69.6 Å². The molecule has 0 amide bonds. The molecule has 0 unspecified atom stereocenters. The van der Waals surface area contributed by atoms with Gasteiger partial charge in [0.05, 0.1) is 11.7 Å². The van der Waals surface area contributed by atoms with Crippen LogP contribution in [0.15, 0.2) is 59.7 Å². The zero-order valence-electron chi connectivity index (χ0n) is 28.2. The highest BCUT2D eigenvalue weighted by Gasteiger charge is 2.45. The van der Waals surface area contributed by atoms with E-state index in [1.54, 1.807) is 6.20 Å². The van der Waals surface area contributed by atoms with Crippen LogP contribution in [-0.4, -0.2) is 55.7 Å². The Bertz CT molecular complexity index is 1440. The average molecular weight is 700 g/mol. The number of hydrogen-bond acceptors (Lipinski definition) is 6. The summed E-state index contributed by atoms with van der Waals surface area (Å²) in [5, 5.41) is 3.89. The van der Waals surface area contributed by atoms with Crippen molar-refractivity contribution in [3.05, 3.63) is 76.4 Å². The number of carbonyl (C=O) groups is 1. The largest absolute Gasteiger partial charge is 0.416 e. The Morgan fingerprint density at radius 1 is 1.05 bits per heavy atom. The zero-order valence-corrected chi connectivity index (χ0v) is 31.8. The Morgan fingerprint density at radius 2 is 1.75 bits per heavy atom. The van der Waals surface area contributed by atoms with Crippen LogP contribution in [0.4, 0.5) is 5.82 Å². The molecule has 0 spiro atoms. The maximum Gasteiger partial charge on any atom is 0.199 e. The molecule has 4 rings (SSSR count). The van der Waals surface area contributed by atoms with Crippen LogP contribution in [0.5, 0.6) is 0 Å². The first-order chi connectivity index (χ1) is 20.4. The number of aromatic nitrogens is 3. The van der Waals surface area contributed by atoms with Crippen LogP contribution < -0.4 is 5.32 Å². The Hall–Kier alpha value is -2.12. The lowest BCUT2D eigenvalue weighted by Crippen LogP contribution is -2.46. The molecule has 2 heterocycles. The fourth-order valence-electron chi connectivity index (χ4n) is 5.09. The van der Waals surface area contributed by atoms with E-state index in [0.29, 0.717) is 30.1 Å². The van der Waals surface area contributed by atoms with Gasteiger partial charge in [0.25, 0.3) is 0 Å². The summed E-state index contributed by atoms with van der Waals surface area (Å²) in [6.07, 6.45) is 8.80. The molecule has 1 N–H and O–H groups in total. The summed E-state index contributed by atoms with van der Waals surface area (Å²) < 4.78 is 16.8. The number of nitrogens with one attached hydrogen (secondary N) is 1. The monoisotopic (exact) mass is 698 g/mol. The van der Waals surface area contributed by atoms with Crippen LogP contribution in [0.1, 0.15) is 75.9 Å². The van der Waals surface area contributed by atoms with Crippen molar-refractivity contribution in [3.63, 3.8) is 0 Å². The summed E-state index contributed by atoms with van der Waals surface area (Å²) in [5.74, 6) is 0.751. The molecule has 2 aromatic heterocycles. The van der Waals surface area contributed by atoms with E-state index in [0.717, 1.165) is 22.9 Å². The standard InChI is InChI=1S/C34H51BrN4O3Si2/c1-33(2,3)43(7,8)41-22-26-17-28(18-30(26)42-44(9,10)34(4,5)6)38-32-29(19-36-23-37-32)31(40)25-14-15-39(21-25)20-24-12-11-13-27(35)16-24/h11-16,19,21,23,26,28,30H,17-18,20,22H2,1-10H3,(H,36,37,38)/t26-,28+,30-/m0/s1. The van der Waals surface area contributed by atoms with Gasteiger partial charge < -0.3 is 18.7 Å². The molecule has 0 radical (unpaired) electrons. The number of carbonyl (C=O) groups excluding carboxylic acids is 1. The molecule has 1 fully saturated rings. The van der Waals surface area contributed by atoms with E-state index in [-0.39, 0.29) is 33.9 Å². The number of rotatable bonds is 11. The van der Waals surface area contributed by atoms with Crippen molar-refractivity contribution in [2.24, 2.45) is 5.92 Å². The van der Waals surface area contributed by atoms with Crippen molar-refractivity contribution in [2.75, 3.05) is 11.9 Å². The third kappa shape index (κ3) is 8.37. The van der Waals surface area contributed by atoms with Gasteiger partial charge in [-0.15, -0.1) is 0 Å². The smallest absolute Gasteiger partial charge is 0.199 e. The molecule has 1 aromatic carbocycles. The molecule has 7 nitrogen and oxygen atoms in total. The van der Waals surface area contributed by atoms with Crippen LogP contribution in [0.2, 0.25) is 36.3 Å². The quantitative estimate of drug-likeness (QED) is 0.159. The molecule has 0 bridgehead atoms. The second-order valence-corrected chi connectivity index (χ2v) is 25.9. The summed E-state index contributed by atoms with van der Waals surface area (Å²) in [4.78, 5) is 22.5. The summed E-state index contributed by atoms with van der Waals surface area (Å²) in [7, 11) is -3.92. The maximum atomic E-state index is 13.7. The minimum Gasteiger partial charge on any atom is -0.416 e. The van der Waals surface area contributed by atoms with E-state index in [1.807, 2.05) is 35.2 Å². The van der Waals surface area contributed by atoms with Crippen molar-refractivity contribution in [3.8, 4) is 0 Å². The van der Waals surface area contributed by atoms with E-state index in [1.165, 1.54) is 6.33 Å². The van der Waals surface area contributed by atoms with Crippen molar-refractivity contribution >= 4 is 44.2 Å². The lowest BCUT2D eigenvalue weighted by atomic mass is 10.1. The predicted molar refractivity (Wildman–Crippen MR) is 188 cm³/mol. The molecular formula is C34H51BrN4O3Si2. The number of hydrogen-bond donors (Lipinski definition) is 1. The Balaban J connectivity index is 1.51. The number of nitrogens with zero attached hydrogens (tertiary/aromatic N) is 3. The lowest BCUT2D eigenvalue weighted by molar-refractivity contribution is 0.101. The van der Waals surface area contributed by atoms with Gasteiger partial charge in [-0.25, -0.2) is 9.97 Å². The third-order valence-corrected chi connectivity index (χ3v) is 19.4. The number of anilines is 1. The molecule has 1 saturated carbocycles. The molecule has 3 aromatic rings. The number of halogens is 1. The SMILES string of the molecule is CC(C)(C)[Si](C)(C)OC[C@@H]1C[C@@H](Nc2ncncc2C(=O)c2ccn(Cc3cccc(Br)c3)c2)C[C@@H]1O[Si](C)(C)C(C)(C)C. The molecule has 240 valence electrons. The highest BCUT2D eigenvalue weighted by molar-refractivity contribution is 9.10. The minimum atomic E-state index is -2.00. The first kappa shape index (κ1) is 34.8. The summed E-state index contributed by atoms with van der Waals surface area (Å²) in [5.41, 5.74) is 2.25. The maximum absolute atomic E-state index is 13.7. The van der Waals surface area contributed by atoms with E-state index >= 15 is 0 Å². The van der Waals surface area contributed by atoms with Crippen molar-refractivity contribution < 1.29 is 13.6 Å². The molecule has 1 aliphatic rings. The molecule has 0 aliphatic heterocycles. The van der Waals surface area contributed by atoms with Crippen LogP contribution in [0.25, 0.3) is 0 Å². The Kier molecular flexibility index (Phi) is 10.5. The summed E-state index contributed by atoms with van der Waals surface area (Å²) in [6.45, 7) is 24.3. The van der Waals surface area contributed by atoms with Gasteiger partial charge in [-0.05, 0) is 72.9 Å². The summed E-state index contributed by atoms with van der Waals surface area (Å²) >= 11 is 3.54. The van der Waals surface area contributed by atoms with Crippen molar-refractivity contribution in [1.29, 1.82) is 0 Å². The van der Waals surface area contributed by atoms with Gasteiger partial charge in [0.1, 0.15) is 12.1 Å². The predicted octanol–water partition coefficient (Wildman–Crippen LogP) is 8.92. The average Bonchev–Trinajstić information content (AvgIpc) is 3.52. The molecule has 1 aliphatic carbocycles. The molecule has 3 atom stereocenters. The van der Waals surface area contributed by atoms with Crippen LogP contribution in [-0.2, 0) is 15.4 Å². The Morgan fingerprint density at radius 3 is 2.41 bits per heavy atom. The molecule has 44 heavy (non-hydrogen) atoms. The second kappa shape index (κ2) is 13.3.